The van der Waals surface area contributed by atoms with Crippen LogP contribution in [0.5, 0.6) is 0 Å². The Morgan fingerprint density at radius 1 is 1.14 bits per heavy atom. The van der Waals surface area contributed by atoms with Crippen molar-refractivity contribution in [2.24, 2.45) is 0 Å². The van der Waals surface area contributed by atoms with Crippen molar-refractivity contribution in [1.29, 1.82) is 0 Å². The summed E-state index contributed by atoms with van der Waals surface area (Å²) in [5, 5.41) is 0. The highest BCUT2D eigenvalue weighted by Crippen LogP contribution is 2.26. The van der Waals surface area contributed by atoms with E-state index >= 15 is 0 Å². The van der Waals surface area contributed by atoms with E-state index in [1.54, 1.807) is 0 Å². The lowest BCUT2D eigenvalue weighted by atomic mass is 9.98. The lowest BCUT2D eigenvalue weighted by Gasteiger charge is -2.19. The van der Waals surface area contributed by atoms with E-state index in [2.05, 4.69) is 29.5 Å². The Kier molecular flexibility index (Phi) is 6.17. The van der Waals surface area contributed by atoms with Gasteiger partial charge in [-0.15, -0.1) is 0 Å². The van der Waals surface area contributed by atoms with Gasteiger partial charge in [-0.05, 0) is 56.1 Å². The average molecular weight is 322 g/mol. The molecule has 0 atom stereocenters. The summed E-state index contributed by atoms with van der Waals surface area (Å²) in [7, 11) is -3.34. The van der Waals surface area contributed by atoms with E-state index in [4.69, 9.17) is 0 Å². The molecule has 0 saturated heterocycles. The van der Waals surface area contributed by atoms with Crippen LogP contribution in [0, 0.1) is 0 Å². The molecule has 2 rings (SSSR count). The fourth-order valence-corrected chi connectivity index (χ4v) is 4.01. The molecular weight excluding hydrogens is 296 g/mol. The maximum atomic E-state index is 12.4. The van der Waals surface area contributed by atoms with Gasteiger partial charge in [0.05, 0.1) is 4.91 Å². The summed E-state index contributed by atoms with van der Waals surface area (Å²) in [6.45, 7) is 7.68. The minimum absolute atomic E-state index is 0.498. The van der Waals surface area contributed by atoms with Crippen LogP contribution < -0.4 is 4.72 Å². The van der Waals surface area contributed by atoms with Gasteiger partial charge in [-0.25, -0.2) is 13.1 Å². The van der Waals surface area contributed by atoms with E-state index < -0.39 is 10.0 Å². The second kappa shape index (κ2) is 7.90. The van der Waals surface area contributed by atoms with E-state index in [9.17, 15) is 8.42 Å². The molecule has 4 nitrogen and oxygen atoms in total. The van der Waals surface area contributed by atoms with Crippen molar-refractivity contribution in [2.45, 2.75) is 33.1 Å². The third kappa shape index (κ3) is 4.41. The number of rotatable bonds is 8. The fourth-order valence-electron chi connectivity index (χ4n) is 2.76. The Morgan fingerprint density at radius 3 is 2.59 bits per heavy atom. The molecule has 1 aromatic rings. The Labute approximate surface area is 134 Å². The van der Waals surface area contributed by atoms with Crippen molar-refractivity contribution >= 4 is 16.1 Å². The van der Waals surface area contributed by atoms with Gasteiger partial charge in [-0.1, -0.05) is 38.1 Å². The molecular formula is C17H26N2O2S. The molecule has 0 unspecified atom stereocenters. The molecule has 5 heteroatoms. The number of aryl methyl sites for hydroxylation is 1. The molecule has 1 aliphatic carbocycles. The largest absolute Gasteiger partial charge is 0.304 e. The molecule has 1 N–H and O–H groups in total. The summed E-state index contributed by atoms with van der Waals surface area (Å²) in [5.74, 6) is 0. The summed E-state index contributed by atoms with van der Waals surface area (Å²) in [5.41, 5.74) is 2.25. The van der Waals surface area contributed by atoms with Crippen LogP contribution in [0.1, 0.15) is 37.8 Å². The number of benzene rings is 1. The average Bonchev–Trinajstić information content (AvgIpc) is 2.54. The molecule has 0 aromatic heterocycles. The number of fused-ring (bicyclic) bond motifs is 1. The first-order chi connectivity index (χ1) is 10.6. The predicted octanol–water partition coefficient (Wildman–Crippen LogP) is 2.63. The van der Waals surface area contributed by atoms with Gasteiger partial charge in [0.15, 0.2) is 0 Å². The van der Waals surface area contributed by atoms with Crippen LogP contribution >= 0.6 is 0 Å². The van der Waals surface area contributed by atoms with Gasteiger partial charge in [0.25, 0.3) is 0 Å². The van der Waals surface area contributed by atoms with Crippen molar-refractivity contribution in [2.75, 3.05) is 26.2 Å². The summed E-state index contributed by atoms with van der Waals surface area (Å²) in [4.78, 5) is 2.80. The first-order valence-corrected chi connectivity index (χ1v) is 9.55. The number of nitrogens with one attached hydrogen (secondary N) is 1. The number of hydrogen-bond donors (Lipinski definition) is 1. The molecule has 122 valence electrons. The topological polar surface area (TPSA) is 49.4 Å². The van der Waals surface area contributed by atoms with Crippen LogP contribution in [0.2, 0.25) is 0 Å². The standard InChI is InChI=1S/C17H26N2O2S/c1-3-19(4-2)13-7-12-18-22(20,21)17-11-10-15-8-5-6-9-16(15)14-17/h5-6,8-9,14,18H,3-4,7,10-13H2,1-2H3. The van der Waals surface area contributed by atoms with Crippen LogP contribution in [0.3, 0.4) is 0 Å². The highest BCUT2D eigenvalue weighted by Gasteiger charge is 2.21. The Morgan fingerprint density at radius 2 is 1.86 bits per heavy atom. The van der Waals surface area contributed by atoms with Crippen molar-refractivity contribution < 1.29 is 8.42 Å². The monoisotopic (exact) mass is 322 g/mol. The van der Waals surface area contributed by atoms with Crippen molar-refractivity contribution in [1.82, 2.24) is 9.62 Å². The van der Waals surface area contributed by atoms with Gasteiger partial charge < -0.3 is 4.90 Å². The Bertz CT molecular complexity index is 619. The molecule has 1 aliphatic rings. The number of nitrogens with zero attached hydrogens (tertiary/aromatic N) is 1. The SMILES string of the molecule is CCN(CC)CCCNS(=O)(=O)C1=Cc2ccccc2CC1. The molecule has 0 fully saturated rings. The minimum Gasteiger partial charge on any atom is -0.304 e. The van der Waals surface area contributed by atoms with Crippen LogP contribution in [-0.2, 0) is 16.4 Å². The maximum Gasteiger partial charge on any atom is 0.236 e. The van der Waals surface area contributed by atoms with E-state index in [0.717, 1.165) is 38.0 Å². The summed E-state index contributed by atoms with van der Waals surface area (Å²) in [6.07, 6.45) is 4.03. The summed E-state index contributed by atoms with van der Waals surface area (Å²) >= 11 is 0. The lowest BCUT2D eigenvalue weighted by molar-refractivity contribution is 0.300. The fraction of sp³-hybridized carbons (Fsp3) is 0.529. The molecule has 0 radical (unpaired) electrons. The zero-order valence-electron chi connectivity index (χ0n) is 13.5. The first kappa shape index (κ1) is 17.2. The van der Waals surface area contributed by atoms with Crippen molar-refractivity contribution in [3.05, 3.63) is 40.3 Å². The quantitative estimate of drug-likeness (QED) is 0.749. The van der Waals surface area contributed by atoms with Crippen LogP contribution in [0.15, 0.2) is 29.2 Å². The highest BCUT2D eigenvalue weighted by atomic mass is 32.2. The first-order valence-electron chi connectivity index (χ1n) is 8.07. The second-order valence-electron chi connectivity index (χ2n) is 5.59. The maximum absolute atomic E-state index is 12.4. The smallest absolute Gasteiger partial charge is 0.236 e. The van der Waals surface area contributed by atoms with E-state index in [-0.39, 0.29) is 0 Å². The Balaban J connectivity index is 1.93. The van der Waals surface area contributed by atoms with Gasteiger partial charge in [0, 0.05) is 6.54 Å². The number of hydrogen-bond acceptors (Lipinski definition) is 3. The summed E-state index contributed by atoms with van der Waals surface area (Å²) < 4.78 is 27.5. The molecule has 1 aromatic carbocycles. The van der Waals surface area contributed by atoms with Gasteiger partial charge in [0.1, 0.15) is 0 Å². The number of allylic oxidation sites excluding steroid dienone is 1. The molecule has 0 heterocycles. The van der Waals surface area contributed by atoms with Crippen molar-refractivity contribution in [3.8, 4) is 0 Å². The third-order valence-electron chi connectivity index (χ3n) is 4.20. The van der Waals surface area contributed by atoms with Crippen LogP contribution in [0.4, 0.5) is 0 Å². The predicted molar refractivity (Wildman–Crippen MR) is 92.1 cm³/mol. The highest BCUT2D eigenvalue weighted by molar-refractivity contribution is 7.93. The normalized spacial score (nSPS) is 14.8. The molecule has 0 amide bonds. The zero-order valence-corrected chi connectivity index (χ0v) is 14.3. The minimum atomic E-state index is -3.34. The van der Waals surface area contributed by atoms with Gasteiger partial charge in [0.2, 0.25) is 10.0 Å². The van der Waals surface area contributed by atoms with Crippen molar-refractivity contribution in [3.63, 3.8) is 0 Å². The third-order valence-corrected chi connectivity index (χ3v) is 5.79. The second-order valence-corrected chi connectivity index (χ2v) is 7.41. The summed E-state index contributed by atoms with van der Waals surface area (Å²) in [6, 6.07) is 7.98. The number of sulfonamides is 1. The van der Waals surface area contributed by atoms with Gasteiger partial charge in [-0.3, -0.25) is 0 Å². The van der Waals surface area contributed by atoms with E-state index in [1.807, 2.05) is 24.3 Å². The zero-order chi connectivity index (χ0) is 16.0. The van der Waals surface area contributed by atoms with Gasteiger partial charge in [-0.2, -0.15) is 0 Å². The molecule has 0 saturated carbocycles. The Hall–Kier alpha value is -1.17. The lowest BCUT2D eigenvalue weighted by Crippen LogP contribution is -2.31. The van der Waals surface area contributed by atoms with Gasteiger partial charge >= 0.3 is 0 Å². The molecule has 22 heavy (non-hydrogen) atoms. The van der Waals surface area contributed by atoms with E-state index in [1.165, 1.54) is 5.56 Å². The molecule has 0 bridgehead atoms. The van der Waals surface area contributed by atoms with E-state index in [0.29, 0.717) is 17.9 Å². The van der Waals surface area contributed by atoms with Crippen LogP contribution in [-0.4, -0.2) is 39.5 Å². The molecule has 0 aliphatic heterocycles. The van der Waals surface area contributed by atoms with Crippen LogP contribution in [0.25, 0.3) is 6.08 Å². The molecule has 0 spiro atoms.